The molecule has 0 spiro atoms. The topological polar surface area (TPSA) is 123 Å². The number of phenols is 1. The molecule has 0 saturated heterocycles. The molecule has 176 valence electrons. The van der Waals surface area contributed by atoms with Crippen LogP contribution in [-0.4, -0.2) is 38.9 Å². The van der Waals surface area contributed by atoms with Crippen molar-refractivity contribution in [2.75, 3.05) is 6.54 Å². The molecular weight excluding hydrogens is 420 g/mol. The standard InChI is InChI=1S/C24H28N2O3.C2H4O2/c1-3-14-9-16-11-18(12-17(16)10-15(14)4-2)25-13-22(28)19-5-7-21(27)24-20(19)6-8-23(29)26-24;1-2(3)4/h5-10,18,22,25,27-28H,3-4,11-13H2,1-2H3,(H,26,29);1H3,(H,3,4)/t22-;/m1./s1. The second kappa shape index (κ2) is 10.6. The van der Waals surface area contributed by atoms with Gasteiger partial charge in [0, 0.05) is 31.0 Å². The third kappa shape index (κ3) is 5.80. The maximum Gasteiger partial charge on any atom is 0.300 e. The third-order valence-electron chi connectivity index (χ3n) is 6.08. The molecule has 0 aliphatic heterocycles. The van der Waals surface area contributed by atoms with E-state index in [9.17, 15) is 15.0 Å². The van der Waals surface area contributed by atoms with Gasteiger partial charge in [0.2, 0.25) is 5.56 Å². The minimum Gasteiger partial charge on any atom is -0.506 e. The van der Waals surface area contributed by atoms with E-state index in [1.54, 1.807) is 12.1 Å². The number of fused-ring (bicyclic) bond motifs is 2. The summed E-state index contributed by atoms with van der Waals surface area (Å²) in [6.07, 6.45) is 3.34. The van der Waals surface area contributed by atoms with Crippen LogP contribution >= 0.6 is 0 Å². The molecule has 0 saturated carbocycles. The second-order valence-electron chi connectivity index (χ2n) is 8.43. The third-order valence-corrected chi connectivity index (χ3v) is 6.08. The van der Waals surface area contributed by atoms with Crippen molar-refractivity contribution in [2.24, 2.45) is 0 Å². The number of carbonyl (C=O) groups is 1. The second-order valence-corrected chi connectivity index (χ2v) is 8.43. The summed E-state index contributed by atoms with van der Waals surface area (Å²) in [6, 6.07) is 11.3. The fraction of sp³-hybridized carbons (Fsp3) is 0.385. The van der Waals surface area contributed by atoms with Gasteiger partial charge in [-0.3, -0.25) is 9.59 Å². The number of carboxylic acids is 1. The number of aliphatic hydroxyl groups excluding tert-OH is 1. The Balaban J connectivity index is 0.000000709. The van der Waals surface area contributed by atoms with Crippen LogP contribution in [-0.2, 0) is 30.5 Å². The van der Waals surface area contributed by atoms with Crippen molar-refractivity contribution >= 4 is 16.9 Å². The first-order chi connectivity index (χ1) is 15.7. The Morgan fingerprint density at radius 3 is 2.21 bits per heavy atom. The van der Waals surface area contributed by atoms with Gasteiger partial charge in [-0.05, 0) is 65.6 Å². The highest BCUT2D eigenvalue weighted by Gasteiger charge is 2.24. The summed E-state index contributed by atoms with van der Waals surface area (Å²) in [4.78, 5) is 23.2. The number of aliphatic carboxylic acids is 1. The van der Waals surface area contributed by atoms with Gasteiger partial charge in [0.25, 0.3) is 5.97 Å². The van der Waals surface area contributed by atoms with Crippen molar-refractivity contribution < 1.29 is 20.1 Å². The molecular formula is C26H32N2O5. The monoisotopic (exact) mass is 452 g/mol. The van der Waals surface area contributed by atoms with Crippen LogP contribution in [0.25, 0.3) is 10.9 Å². The van der Waals surface area contributed by atoms with E-state index in [0.717, 1.165) is 32.6 Å². The minimum atomic E-state index is -0.833. The van der Waals surface area contributed by atoms with Gasteiger partial charge in [-0.25, -0.2) is 0 Å². The number of H-pyrrole nitrogens is 1. The molecule has 33 heavy (non-hydrogen) atoms. The van der Waals surface area contributed by atoms with Crippen LogP contribution in [0, 0.1) is 0 Å². The van der Waals surface area contributed by atoms with Gasteiger partial charge in [-0.1, -0.05) is 32.0 Å². The molecule has 0 fully saturated rings. The SMILES string of the molecule is CC(=O)O.CCc1cc2c(cc1CC)CC(NC[C@@H](O)c1ccc(O)c3[nH]c(=O)ccc13)C2. The predicted octanol–water partition coefficient (Wildman–Crippen LogP) is 3.24. The number of aromatic amines is 1. The first-order valence-electron chi connectivity index (χ1n) is 11.3. The highest BCUT2D eigenvalue weighted by atomic mass is 16.4. The molecule has 7 heteroatoms. The molecule has 1 atom stereocenters. The molecule has 2 aromatic carbocycles. The van der Waals surface area contributed by atoms with Gasteiger partial charge in [0.05, 0.1) is 11.6 Å². The summed E-state index contributed by atoms with van der Waals surface area (Å²) < 4.78 is 0. The number of rotatable bonds is 6. The number of hydrogen-bond acceptors (Lipinski definition) is 5. The highest BCUT2D eigenvalue weighted by molar-refractivity contribution is 5.87. The summed E-state index contributed by atoms with van der Waals surface area (Å²) >= 11 is 0. The first-order valence-corrected chi connectivity index (χ1v) is 11.3. The number of pyridine rings is 1. The molecule has 0 radical (unpaired) electrons. The minimum absolute atomic E-state index is 0.00584. The molecule has 0 amide bonds. The number of aliphatic hydroxyl groups is 1. The van der Waals surface area contributed by atoms with Crippen molar-refractivity contribution in [1.82, 2.24) is 10.3 Å². The van der Waals surface area contributed by atoms with Crippen LogP contribution in [0.1, 0.15) is 54.7 Å². The summed E-state index contributed by atoms with van der Waals surface area (Å²) in [6.45, 7) is 5.91. The summed E-state index contributed by atoms with van der Waals surface area (Å²) in [5.41, 5.74) is 6.49. The number of phenolic OH excluding ortho intramolecular Hbond substituents is 1. The van der Waals surface area contributed by atoms with Crippen molar-refractivity contribution in [3.8, 4) is 5.75 Å². The summed E-state index contributed by atoms with van der Waals surface area (Å²) in [5, 5.41) is 32.4. The molecule has 4 rings (SSSR count). The van der Waals surface area contributed by atoms with Crippen LogP contribution in [0.4, 0.5) is 0 Å². The molecule has 7 nitrogen and oxygen atoms in total. The number of aromatic hydroxyl groups is 1. The molecule has 5 N–H and O–H groups in total. The maximum atomic E-state index is 11.6. The molecule has 0 unspecified atom stereocenters. The van der Waals surface area contributed by atoms with E-state index in [-0.39, 0.29) is 11.3 Å². The quantitative estimate of drug-likeness (QED) is 0.391. The van der Waals surface area contributed by atoms with Gasteiger partial charge < -0.3 is 25.6 Å². The van der Waals surface area contributed by atoms with Crippen LogP contribution in [0.3, 0.4) is 0 Å². The average Bonchev–Trinajstić information content (AvgIpc) is 3.18. The normalized spacial score (nSPS) is 13.9. The number of hydrogen-bond donors (Lipinski definition) is 5. The van der Waals surface area contributed by atoms with Crippen LogP contribution in [0.2, 0.25) is 0 Å². The number of aryl methyl sites for hydroxylation is 2. The fourth-order valence-electron chi connectivity index (χ4n) is 4.51. The predicted molar refractivity (Wildman–Crippen MR) is 129 cm³/mol. The van der Waals surface area contributed by atoms with Gasteiger partial charge in [-0.2, -0.15) is 0 Å². The Morgan fingerprint density at radius 1 is 1.09 bits per heavy atom. The molecule has 1 aromatic heterocycles. The lowest BCUT2D eigenvalue weighted by Gasteiger charge is -2.18. The molecule has 0 bridgehead atoms. The van der Waals surface area contributed by atoms with E-state index in [1.165, 1.54) is 34.4 Å². The highest BCUT2D eigenvalue weighted by Crippen LogP contribution is 2.30. The summed E-state index contributed by atoms with van der Waals surface area (Å²) in [7, 11) is 0. The largest absolute Gasteiger partial charge is 0.506 e. The number of carboxylic acid groups (broad SMARTS) is 1. The van der Waals surface area contributed by atoms with Crippen LogP contribution in [0.5, 0.6) is 5.75 Å². The Hall–Kier alpha value is -3.16. The zero-order valence-electron chi connectivity index (χ0n) is 19.3. The molecule has 1 aliphatic rings. The van der Waals surface area contributed by atoms with E-state index in [1.807, 2.05) is 0 Å². The molecule has 3 aromatic rings. The average molecular weight is 453 g/mol. The zero-order valence-corrected chi connectivity index (χ0v) is 19.3. The fourth-order valence-corrected chi connectivity index (χ4v) is 4.51. The van der Waals surface area contributed by atoms with E-state index >= 15 is 0 Å². The number of benzene rings is 2. The van der Waals surface area contributed by atoms with Gasteiger partial charge in [0.1, 0.15) is 5.75 Å². The van der Waals surface area contributed by atoms with E-state index in [0.29, 0.717) is 29.1 Å². The van der Waals surface area contributed by atoms with Crippen molar-refractivity contribution in [3.63, 3.8) is 0 Å². The van der Waals surface area contributed by atoms with E-state index < -0.39 is 12.1 Å². The first kappa shape index (κ1) is 24.5. The van der Waals surface area contributed by atoms with E-state index in [4.69, 9.17) is 9.90 Å². The number of nitrogens with one attached hydrogen (secondary N) is 2. The lowest BCUT2D eigenvalue weighted by atomic mass is 9.97. The number of aromatic nitrogens is 1. The maximum absolute atomic E-state index is 11.6. The molecule has 1 aliphatic carbocycles. The Kier molecular flexibility index (Phi) is 7.89. The van der Waals surface area contributed by atoms with Gasteiger partial charge >= 0.3 is 0 Å². The van der Waals surface area contributed by atoms with Crippen LogP contribution in [0.15, 0.2) is 41.2 Å². The van der Waals surface area contributed by atoms with E-state index in [2.05, 4.69) is 36.3 Å². The Morgan fingerprint density at radius 2 is 1.67 bits per heavy atom. The van der Waals surface area contributed by atoms with Gasteiger partial charge in [0.15, 0.2) is 0 Å². The lowest BCUT2D eigenvalue weighted by molar-refractivity contribution is -0.134. The molecule has 1 heterocycles. The van der Waals surface area contributed by atoms with Crippen molar-refractivity contribution in [2.45, 2.75) is 58.6 Å². The lowest BCUT2D eigenvalue weighted by Crippen LogP contribution is -2.33. The summed E-state index contributed by atoms with van der Waals surface area (Å²) in [5.74, 6) is -0.827. The van der Waals surface area contributed by atoms with Crippen molar-refractivity contribution in [1.29, 1.82) is 0 Å². The Bertz CT molecular complexity index is 1160. The van der Waals surface area contributed by atoms with Crippen LogP contribution < -0.4 is 10.9 Å². The smallest absolute Gasteiger partial charge is 0.300 e. The van der Waals surface area contributed by atoms with Crippen molar-refractivity contribution in [3.05, 3.63) is 74.6 Å². The Labute approximate surface area is 193 Å². The zero-order chi connectivity index (χ0) is 24.1. The van der Waals surface area contributed by atoms with Gasteiger partial charge in [-0.15, -0.1) is 0 Å².